The van der Waals surface area contributed by atoms with E-state index in [1.807, 2.05) is 19.1 Å². The normalized spacial score (nSPS) is 10.6. The number of carbonyl (C=O) groups is 2. The van der Waals surface area contributed by atoms with Gasteiger partial charge in [-0.05, 0) is 31.2 Å². The van der Waals surface area contributed by atoms with Crippen molar-refractivity contribution in [1.29, 1.82) is 0 Å². The first-order valence-corrected chi connectivity index (χ1v) is 7.79. The Morgan fingerprint density at radius 3 is 2.40 bits per heavy atom. The number of hydrogen-bond acceptors (Lipinski definition) is 4. The van der Waals surface area contributed by atoms with Crippen LogP contribution in [0.2, 0.25) is 0 Å². The molecule has 3 aromatic rings. The van der Waals surface area contributed by atoms with Gasteiger partial charge in [-0.3, -0.25) is 34.6 Å². The molecule has 8 nitrogen and oxygen atoms in total. The SMILES string of the molecule is CCn1c(=O)n(CC(=O)NNC(=O)c2cccnc2)c2ccccc21. The van der Waals surface area contributed by atoms with E-state index in [1.54, 1.807) is 35.0 Å². The third-order valence-corrected chi connectivity index (χ3v) is 3.78. The van der Waals surface area contributed by atoms with E-state index in [1.165, 1.54) is 10.8 Å². The van der Waals surface area contributed by atoms with Crippen molar-refractivity contribution < 1.29 is 9.59 Å². The third-order valence-electron chi connectivity index (χ3n) is 3.78. The molecule has 0 bridgehead atoms. The first-order chi connectivity index (χ1) is 12.1. The van der Waals surface area contributed by atoms with Crippen molar-refractivity contribution in [2.24, 2.45) is 0 Å². The summed E-state index contributed by atoms with van der Waals surface area (Å²) in [7, 11) is 0. The van der Waals surface area contributed by atoms with E-state index in [9.17, 15) is 14.4 Å². The lowest BCUT2D eigenvalue weighted by molar-refractivity contribution is -0.122. The summed E-state index contributed by atoms with van der Waals surface area (Å²) in [6, 6.07) is 10.5. The van der Waals surface area contributed by atoms with Gasteiger partial charge in [0.2, 0.25) is 0 Å². The largest absolute Gasteiger partial charge is 0.329 e. The summed E-state index contributed by atoms with van der Waals surface area (Å²) in [6.45, 7) is 2.18. The van der Waals surface area contributed by atoms with Crippen molar-refractivity contribution in [3.8, 4) is 0 Å². The molecule has 0 aliphatic carbocycles. The van der Waals surface area contributed by atoms with Gasteiger partial charge in [0.1, 0.15) is 6.54 Å². The number of aryl methyl sites for hydroxylation is 1. The van der Waals surface area contributed by atoms with Crippen molar-refractivity contribution in [3.05, 3.63) is 64.8 Å². The number of carbonyl (C=O) groups excluding carboxylic acids is 2. The number of para-hydroxylation sites is 2. The lowest BCUT2D eigenvalue weighted by Crippen LogP contribution is -2.44. The molecule has 0 saturated carbocycles. The fourth-order valence-electron chi connectivity index (χ4n) is 2.61. The molecule has 2 aromatic heterocycles. The predicted molar refractivity (Wildman–Crippen MR) is 91.7 cm³/mol. The fourth-order valence-corrected chi connectivity index (χ4v) is 2.61. The van der Waals surface area contributed by atoms with Crippen LogP contribution in [-0.4, -0.2) is 25.9 Å². The average molecular weight is 339 g/mol. The third kappa shape index (κ3) is 3.27. The number of amides is 2. The summed E-state index contributed by atoms with van der Waals surface area (Å²) in [6.07, 6.45) is 2.94. The molecule has 3 rings (SSSR count). The lowest BCUT2D eigenvalue weighted by Gasteiger charge is -2.07. The second-order valence-corrected chi connectivity index (χ2v) is 5.35. The second-order valence-electron chi connectivity index (χ2n) is 5.35. The quantitative estimate of drug-likeness (QED) is 0.683. The molecular formula is C17H17N5O3. The van der Waals surface area contributed by atoms with Gasteiger partial charge < -0.3 is 0 Å². The van der Waals surface area contributed by atoms with Crippen LogP contribution in [0.4, 0.5) is 0 Å². The minimum absolute atomic E-state index is 0.195. The predicted octanol–water partition coefficient (Wildman–Crippen LogP) is 0.679. The Morgan fingerprint density at radius 2 is 1.76 bits per heavy atom. The van der Waals surface area contributed by atoms with Crippen LogP contribution in [0.5, 0.6) is 0 Å². The van der Waals surface area contributed by atoms with Gasteiger partial charge in [0, 0.05) is 18.9 Å². The Morgan fingerprint density at radius 1 is 1.04 bits per heavy atom. The van der Waals surface area contributed by atoms with Crippen molar-refractivity contribution in [2.45, 2.75) is 20.0 Å². The van der Waals surface area contributed by atoms with Gasteiger partial charge in [-0.25, -0.2) is 4.79 Å². The monoisotopic (exact) mass is 339 g/mol. The van der Waals surface area contributed by atoms with Gasteiger partial charge >= 0.3 is 5.69 Å². The number of hydrazine groups is 1. The minimum atomic E-state index is -0.502. The minimum Gasteiger partial charge on any atom is -0.292 e. The number of nitrogens with zero attached hydrogens (tertiary/aromatic N) is 3. The van der Waals surface area contributed by atoms with E-state index in [-0.39, 0.29) is 12.2 Å². The van der Waals surface area contributed by atoms with Crippen LogP contribution in [0.1, 0.15) is 17.3 Å². The molecule has 0 saturated heterocycles. The molecule has 25 heavy (non-hydrogen) atoms. The highest BCUT2D eigenvalue weighted by Gasteiger charge is 2.15. The number of nitrogens with one attached hydrogen (secondary N) is 2. The molecule has 0 radical (unpaired) electrons. The summed E-state index contributed by atoms with van der Waals surface area (Å²) in [4.78, 5) is 40.3. The maximum atomic E-state index is 12.5. The zero-order valence-corrected chi connectivity index (χ0v) is 13.6. The van der Waals surface area contributed by atoms with Crippen LogP contribution in [-0.2, 0) is 17.9 Å². The van der Waals surface area contributed by atoms with Crippen molar-refractivity contribution >= 4 is 22.8 Å². The average Bonchev–Trinajstić information content (AvgIpc) is 2.91. The highest BCUT2D eigenvalue weighted by Crippen LogP contribution is 2.12. The van der Waals surface area contributed by atoms with Crippen LogP contribution in [0.25, 0.3) is 11.0 Å². The summed E-state index contributed by atoms with van der Waals surface area (Å²) < 4.78 is 2.97. The molecule has 128 valence electrons. The zero-order valence-electron chi connectivity index (χ0n) is 13.6. The summed E-state index contributed by atoms with van der Waals surface area (Å²) >= 11 is 0. The van der Waals surface area contributed by atoms with E-state index in [0.29, 0.717) is 17.6 Å². The van der Waals surface area contributed by atoms with Crippen LogP contribution in [0.3, 0.4) is 0 Å². The van der Waals surface area contributed by atoms with E-state index < -0.39 is 11.8 Å². The van der Waals surface area contributed by atoms with Gasteiger partial charge in [0.15, 0.2) is 0 Å². The maximum absolute atomic E-state index is 12.5. The molecule has 2 N–H and O–H groups in total. The summed E-state index contributed by atoms with van der Waals surface area (Å²) in [5, 5.41) is 0. The highest BCUT2D eigenvalue weighted by atomic mass is 16.2. The molecule has 8 heteroatoms. The number of benzene rings is 1. The van der Waals surface area contributed by atoms with Crippen LogP contribution < -0.4 is 16.5 Å². The number of rotatable bonds is 4. The molecule has 0 aliphatic rings. The maximum Gasteiger partial charge on any atom is 0.329 e. The first kappa shape index (κ1) is 16.4. The lowest BCUT2D eigenvalue weighted by atomic mass is 10.3. The van der Waals surface area contributed by atoms with E-state index in [4.69, 9.17) is 0 Å². The number of fused-ring (bicyclic) bond motifs is 1. The Kier molecular flexibility index (Phi) is 4.60. The molecule has 0 atom stereocenters. The molecule has 2 amide bonds. The van der Waals surface area contributed by atoms with Crippen LogP contribution >= 0.6 is 0 Å². The van der Waals surface area contributed by atoms with Gasteiger partial charge in [-0.1, -0.05) is 12.1 Å². The number of pyridine rings is 1. The number of hydrogen-bond donors (Lipinski definition) is 2. The first-order valence-electron chi connectivity index (χ1n) is 7.79. The Bertz CT molecular complexity index is 975. The number of imidazole rings is 1. The molecule has 0 aliphatic heterocycles. The molecule has 0 spiro atoms. The molecular weight excluding hydrogens is 322 g/mol. The smallest absolute Gasteiger partial charge is 0.292 e. The Hall–Kier alpha value is -3.42. The van der Waals surface area contributed by atoms with Gasteiger partial charge in [-0.2, -0.15) is 0 Å². The zero-order chi connectivity index (χ0) is 17.8. The van der Waals surface area contributed by atoms with E-state index >= 15 is 0 Å². The van der Waals surface area contributed by atoms with Crippen molar-refractivity contribution in [3.63, 3.8) is 0 Å². The fraction of sp³-hybridized carbons (Fsp3) is 0.176. The van der Waals surface area contributed by atoms with E-state index in [0.717, 1.165) is 5.52 Å². The van der Waals surface area contributed by atoms with Crippen LogP contribution in [0.15, 0.2) is 53.6 Å². The van der Waals surface area contributed by atoms with Gasteiger partial charge in [0.05, 0.1) is 16.6 Å². The summed E-state index contributed by atoms with van der Waals surface area (Å²) in [5.74, 6) is -0.983. The van der Waals surface area contributed by atoms with Crippen LogP contribution in [0, 0.1) is 0 Å². The Balaban J connectivity index is 1.74. The molecule has 1 aromatic carbocycles. The molecule has 0 unspecified atom stereocenters. The van der Waals surface area contributed by atoms with Gasteiger partial charge in [-0.15, -0.1) is 0 Å². The second kappa shape index (κ2) is 7.00. The van der Waals surface area contributed by atoms with Crippen molar-refractivity contribution in [1.82, 2.24) is 25.0 Å². The Labute approximate surface area is 143 Å². The van der Waals surface area contributed by atoms with E-state index in [2.05, 4.69) is 15.8 Å². The number of aromatic nitrogens is 3. The van der Waals surface area contributed by atoms with Crippen molar-refractivity contribution in [2.75, 3.05) is 0 Å². The molecule has 2 heterocycles. The molecule has 0 fully saturated rings. The standard InChI is InChI=1S/C17H17N5O3/c1-2-21-13-7-3-4-8-14(13)22(17(21)25)11-15(23)19-20-16(24)12-6-5-9-18-10-12/h3-10H,2,11H2,1H3,(H,19,23)(H,20,24). The van der Waals surface area contributed by atoms with Gasteiger partial charge in [0.25, 0.3) is 11.8 Å². The summed E-state index contributed by atoms with van der Waals surface area (Å²) in [5.41, 5.74) is 6.11. The topological polar surface area (TPSA) is 98.0 Å². The highest BCUT2D eigenvalue weighted by molar-refractivity contribution is 5.95.